The molecule has 0 aromatic carbocycles. The lowest BCUT2D eigenvalue weighted by molar-refractivity contribution is -0.148. The Morgan fingerprint density at radius 1 is 1.20 bits per heavy atom. The molecule has 0 aromatic heterocycles. The standard InChI is InChI=1S/C21H34N6O8/c1-4-35-17(30)11-14(22)19(32)26-10-6-8-16(26)18(31)25-15(20(33)34)7-5-9-24-21(23)27(12(2)28)13(3)29/h14-16H,4-11,22H2,1-3H3,(H2,23,24)(H,25,31)(H,33,34)/t14-,15-,16-/m0/s1. The van der Waals surface area contributed by atoms with Gasteiger partial charge in [0.25, 0.3) is 0 Å². The predicted molar refractivity (Wildman–Crippen MR) is 122 cm³/mol. The average Bonchev–Trinajstić information content (AvgIpc) is 3.24. The number of esters is 1. The van der Waals surface area contributed by atoms with Gasteiger partial charge < -0.3 is 31.5 Å². The predicted octanol–water partition coefficient (Wildman–Crippen LogP) is -1.68. The van der Waals surface area contributed by atoms with Gasteiger partial charge in [-0.1, -0.05) is 0 Å². The number of nitrogens with one attached hydrogen (secondary N) is 1. The summed E-state index contributed by atoms with van der Waals surface area (Å²) in [6, 6.07) is -3.35. The van der Waals surface area contributed by atoms with E-state index in [1.54, 1.807) is 6.92 Å². The van der Waals surface area contributed by atoms with Crippen LogP contribution < -0.4 is 16.8 Å². The maximum atomic E-state index is 12.8. The molecule has 4 amide bonds. The van der Waals surface area contributed by atoms with Gasteiger partial charge >= 0.3 is 11.9 Å². The fourth-order valence-corrected chi connectivity index (χ4v) is 3.63. The van der Waals surface area contributed by atoms with Crippen molar-refractivity contribution in [1.29, 1.82) is 0 Å². The number of guanidine groups is 1. The average molecular weight is 499 g/mol. The van der Waals surface area contributed by atoms with Crippen LogP contribution in [0.25, 0.3) is 0 Å². The number of hydrogen-bond donors (Lipinski definition) is 4. The molecule has 3 atom stereocenters. The van der Waals surface area contributed by atoms with Crippen LogP contribution in [0.1, 0.15) is 52.9 Å². The highest BCUT2D eigenvalue weighted by Crippen LogP contribution is 2.19. The summed E-state index contributed by atoms with van der Waals surface area (Å²) in [5.41, 5.74) is 11.5. The summed E-state index contributed by atoms with van der Waals surface area (Å²) in [5, 5.41) is 11.9. The van der Waals surface area contributed by atoms with Gasteiger partial charge in [0.05, 0.1) is 19.1 Å². The summed E-state index contributed by atoms with van der Waals surface area (Å²) in [6.07, 6.45) is 0.678. The van der Waals surface area contributed by atoms with Crippen LogP contribution in [0.15, 0.2) is 4.99 Å². The van der Waals surface area contributed by atoms with Crippen LogP contribution in [0.2, 0.25) is 0 Å². The van der Waals surface area contributed by atoms with Crippen molar-refractivity contribution >= 4 is 41.5 Å². The number of rotatable bonds is 11. The Kier molecular flexibility index (Phi) is 11.8. The van der Waals surface area contributed by atoms with Gasteiger partial charge in [-0.3, -0.25) is 29.0 Å². The summed E-state index contributed by atoms with van der Waals surface area (Å²) in [5.74, 6) is -4.65. The minimum absolute atomic E-state index is 0.0129. The molecule has 14 nitrogen and oxygen atoms in total. The van der Waals surface area contributed by atoms with Gasteiger partial charge in [0.2, 0.25) is 29.6 Å². The molecule has 0 spiro atoms. The zero-order valence-electron chi connectivity index (χ0n) is 20.2. The van der Waals surface area contributed by atoms with Crippen LogP contribution in [-0.2, 0) is 33.5 Å². The number of likely N-dealkylation sites (tertiary alicyclic amines) is 1. The number of hydrogen-bond acceptors (Lipinski definition) is 9. The van der Waals surface area contributed by atoms with Gasteiger partial charge in [-0.25, -0.2) is 9.69 Å². The quantitative estimate of drug-likeness (QED) is 0.110. The maximum Gasteiger partial charge on any atom is 0.326 e. The molecule has 6 N–H and O–H groups in total. The molecule has 1 aliphatic heterocycles. The molecule has 196 valence electrons. The highest BCUT2D eigenvalue weighted by Gasteiger charge is 2.38. The van der Waals surface area contributed by atoms with E-state index in [9.17, 15) is 33.9 Å². The number of carboxylic acids is 1. The molecule has 0 bridgehead atoms. The first-order valence-electron chi connectivity index (χ1n) is 11.3. The maximum absolute atomic E-state index is 12.8. The Labute approximate surface area is 203 Å². The van der Waals surface area contributed by atoms with E-state index in [2.05, 4.69) is 10.3 Å². The molecule has 1 fully saturated rings. The van der Waals surface area contributed by atoms with Crippen LogP contribution in [0.3, 0.4) is 0 Å². The van der Waals surface area contributed by atoms with Gasteiger partial charge in [0, 0.05) is 26.9 Å². The fourth-order valence-electron chi connectivity index (χ4n) is 3.63. The second-order valence-corrected chi connectivity index (χ2v) is 7.96. The van der Waals surface area contributed by atoms with Crippen LogP contribution in [-0.4, -0.2) is 94.3 Å². The summed E-state index contributed by atoms with van der Waals surface area (Å²) in [4.78, 5) is 77.5. The van der Waals surface area contributed by atoms with Gasteiger partial charge in [-0.15, -0.1) is 0 Å². The first-order chi connectivity index (χ1) is 16.4. The lowest BCUT2D eigenvalue weighted by atomic mass is 10.1. The van der Waals surface area contributed by atoms with E-state index in [0.29, 0.717) is 17.7 Å². The number of aliphatic carboxylic acids is 1. The van der Waals surface area contributed by atoms with Crippen LogP contribution in [0.4, 0.5) is 0 Å². The van der Waals surface area contributed by atoms with E-state index < -0.39 is 53.7 Å². The van der Waals surface area contributed by atoms with Crippen molar-refractivity contribution < 1.29 is 38.6 Å². The number of carbonyl (C=O) groups is 6. The normalized spacial score (nSPS) is 17.3. The van der Waals surface area contributed by atoms with Crippen LogP contribution >= 0.6 is 0 Å². The van der Waals surface area contributed by atoms with Crippen molar-refractivity contribution in [2.45, 2.75) is 71.0 Å². The molecule has 14 heteroatoms. The Bertz CT molecular complexity index is 847. The first kappa shape index (κ1) is 29.5. The van der Waals surface area contributed by atoms with Crippen molar-refractivity contribution in [2.24, 2.45) is 16.5 Å². The van der Waals surface area contributed by atoms with Gasteiger partial charge in [0.15, 0.2) is 0 Å². The first-order valence-corrected chi connectivity index (χ1v) is 11.3. The number of ether oxygens (including phenoxy) is 1. The van der Waals surface area contributed by atoms with Crippen LogP contribution in [0.5, 0.6) is 0 Å². The van der Waals surface area contributed by atoms with E-state index in [-0.39, 0.29) is 44.9 Å². The van der Waals surface area contributed by atoms with E-state index in [1.165, 1.54) is 4.90 Å². The molecule has 0 aliphatic carbocycles. The lowest BCUT2D eigenvalue weighted by Crippen LogP contribution is -2.54. The number of nitrogens with zero attached hydrogens (tertiary/aromatic N) is 3. The SMILES string of the molecule is CCOC(=O)C[C@H](N)C(=O)N1CCC[C@H]1C(=O)N[C@@H](CCCN=C(N)N(C(C)=O)C(C)=O)C(=O)O. The van der Waals surface area contributed by atoms with E-state index in [4.69, 9.17) is 16.2 Å². The Morgan fingerprint density at radius 3 is 2.37 bits per heavy atom. The lowest BCUT2D eigenvalue weighted by Gasteiger charge is -2.27. The molecular formula is C21H34N6O8. The molecule has 1 aliphatic rings. The Morgan fingerprint density at radius 2 is 1.83 bits per heavy atom. The van der Waals surface area contributed by atoms with Crippen molar-refractivity contribution in [1.82, 2.24) is 15.1 Å². The Balaban J connectivity index is 2.72. The third-order valence-corrected chi connectivity index (χ3v) is 5.25. The summed E-state index contributed by atoms with van der Waals surface area (Å²) in [6.45, 7) is 4.34. The third kappa shape index (κ3) is 8.96. The summed E-state index contributed by atoms with van der Waals surface area (Å²) < 4.78 is 4.79. The number of carboxylic acid groups (broad SMARTS) is 1. The molecule has 1 heterocycles. The highest BCUT2D eigenvalue weighted by molar-refractivity contribution is 6.10. The smallest absolute Gasteiger partial charge is 0.326 e. The van der Waals surface area contributed by atoms with Gasteiger partial charge in [-0.05, 0) is 32.6 Å². The molecule has 0 radical (unpaired) electrons. The van der Waals surface area contributed by atoms with Crippen LogP contribution in [0, 0.1) is 0 Å². The van der Waals surface area contributed by atoms with Crippen molar-refractivity contribution in [3.05, 3.63) is 0 Å². The number of aliphatic imine (C=N–C) groups is 1. The fraction of sp³-hybridized carbons (Fsp3) is 0.667. The van der Waals surface area contributed by atoms with E-state index in [1.807, 2.05) is 0 Å². The minimum Gasteiger partial charge on any atom is -0.480 e. The third-order valence-electron chi connectivity index (χ3n) is 5.25. The van der Waals surface area contributed by atoms with Crippen molar-refractivity contribution in [3.63, 3.8) is 0 Å². The zero-order valence-corrected chi connectivity index (χ0v) is 20.2. The Hall–Kier alpha value is -3.55. The van der Waals surface area contributed by atoms with Gasteiger partial charge in [-0.2, -0.15) is 0 Å². The second-order valence-electron chi connectivity index (χ2n) is 7.96. The largest absolute Gasteiger partial charge is 0.480 e. The number of amides is 4. The summed E-state index contributed by atoms with van der Waals surface area (Å²) in [7, 11) is 0. The topological polar surface area (TPSA) is 215 Å². The monoisotopic (exact) mass is 498 g/mol. The minimum atomic E-state index is -1.28. The number of imide groups is 1. The number of carbonyl (C=O) groups excluding carboxylic acids is 5. The molecule has 1 saturated heterocycles. The molecule has 35 heavy (non-hydrogen) atoms. The van der Waals surface area contributed by atoms with Crippen molar-refractivity contribution in [2.75, 3.05) is 19.7 Å². The molecule has 1 rings (SSSR count). The zero-order chi connectivity index (χ0) is 26.7. The van der Waals surface area contributed by atoms with E-state index >= 15 is 0 Å². The van der Waals surface area contributed by atoms with E-state index in [0.717, 1.165) is 13.8 Å². The summed E-state index contributed by atoms with van der Waals surface area (Å²) >= 11 is 0. The highest BCUT2D eigenvalue weighted by atomic mass is 16.5. The number of nitrogens with two attached hydrogens (primary N) is 2. The molecule has 0 unspecified atom stereocenters. The van der Waals surface area contributed by atoms with Gasteiger partial charge in [0.1, 0.15) is 12.1 Å². The van der Waals surface area contributed by atoms with Crippen molar-refractivity contribution in [3.8, 4) is 0 Å². The molecule has 0 aromatic rings. The molecule has 0 saturated carbocycles. The molecular weight excluding hydrogens is 464 g/mol. The second kappa shape index (κ2) is 14.0.